The molecule has 4 nitrogen and oxygen atoms in total. The second kappa shape index (κ2) is 6.70. The Labute approximate surface area is 132 Å². The molecule has 2 aromatic rings. The number of carbonyl (C=O) groups is 1. The zero-order valence-electron chi connectivity index (χ0n) is 11.2. The fourth-order valence-electron chi connectivity index (χ4n) is 1.75. The van der Waals surface area contributed by atoms with Gasteiger partial charge in [-0.1, -0.05) is 35.3 Å². The lowest BCUT2D eigenvalue weighted by Gasteiger charge is -2.09. The summed E-state index contributed by atoms with van der Waals surface area (Å²) in [6.07, 6.45) is 0. The summed E-state index contributed by atoms with van der Waals surface area (Å²) in [5.41, 5.74) is 7.10. The van der Waals surface area contributed by atoms with Crippen LogP contribution in [0.5, 0.6) is 5.75 Å². The Balaban J connectivity index is 2.08. The van der Waals surface area contributed by atoms with Crippen molar-refractivity contribution >= 4 is 34.9 Å². The number of halogens is 2. The van der Waals surface area contributed by atoms with Crippen LogP contribution in [-0.4, -0.2) is 13.1 Å². The van der Waals surface area contributed by atoms with E-state index in [1.165, 1.54) is 13.2 Å². The van der Waals surface area contributed by atoms with Crippen LogP contribution < -0.4 is 10.5 Å². The highest BCUT2D eigenvalue weighted by molar-refractivity contribution is 6.42. The number of carbonyl (C=O) groups excluding carboxylic acids is 1. The molecule has 6 heteroatoms. The first-order valence-electron chi connectivity index (χ1n) is 6.06. The maximum Gasteiger partial charge on any atom is 0.338 e. The summed E-state index contributed by atoms with van der Waals surface area (Å²) in [5, 5.41) is 0.792. The van der Waals surface area contributed by atoms with Crippen LogP contribution in [0.15, 0.2) is 36.4 Å². The zero-order chi connectivity index (χ0) is 15.4. The normalized spacial score (nSPS) is 10.2. The molecule has 2 N–H and O–H groups in total. The average Bonchev–Trinajstić information content (AvgIpc) is 2.48. The summed E-state index contributed by atoms with van der Waals surface area (Å²) < 4.78 is 10.2. The van der Waals surface area contributed by atoms with Crippen molar-refractivity contribution in [1.29, 1.82) is 0 Å². The van der Waals surface area contributed by atoms with Crippen LogP contribution in [-0.2, 0) is 11.3 Å². The summed E-state index contributed by atoms with van der Waals surface area (Å²) in [7, 11) is 1.50. The molecule has 0 aliphatic carbocycles. The average molecular weight is 326 g/mol. The van der Waals surface area contributed by atoms with E-state index in [0.717, 1.165) is 0 Å². The molecular formula is C15H13Cl2NO3. The monoisotopic (exact) mass is 325 g/mol. The van der Waals surface area contributed by atoms with E-state index >= 15 is 0 Å². The molecule has 0 saturated carbocycles. The molecule has 0 amide bonds. The molecule has 0 aliphatic heterocycles. The highest BCUT2D eigenvalue weighted by Crippen LogP contribution is 2.27. The number of hydrogen-bond acceptors (Lipinski definition) is 4. The van der Waals surface area contributed by atoms with Crippen LogP contribution in [0.4, 0.5) is 5.69 Å². The topological polar surface area (TPSA) is 61.5 Å². The highest BCUT2D eigenvalue weighted by atomic mass is 35.5. The Bertz CT molecular complexity index is 674. The summed E-state index contributed by atoms with van der Waals surface area (Å²) in [5.74, 6) is 0.00447. The Morgan fingerprint density at radius 1 is 1.24 bits per heavy atom. The van der Waals surface area contributed by atoms with Crippen molar-refractivity contribution in [3.05, 3.63) is 57.6 Å². The minimum atomic E-state index is -0.500. The third kappa shape index (κ3) is 3.60. The summed E-state index contributed by atoms with van der Waals surface area (Å²) in [4.78, 5) is 12.0. The molecule has 0 fully saturated rings. The van der Waals surface area contributed by atoms with E-state index in [1.807, 2.05) is 0 Å². The van der Waals surface area contributed by atoms with E-state index in [0.29, 0.717) is 32.6 Å². The third-order valence-electron chi connectivity index (χ3n) is 2.86. The number of anilines is 1. The number of nitrogens with two attached hydrogens (primary N) is 1. The van der Waals surface area contributed by atoms with Crippen molar-refractivity contribution < 1.29 is 14.3 Å². The van der Waals surface area contributed by atoms with Crippen molar-refractivity contribution in [2.75, 3.05) is 12.8 Å². The molecule has 0 atom stereocenters. The molecule has 110 valence electrons. The molecular weight excluding hydrogens is 313 g/mol. The highest BCUT2D eigenvalue weighted by Gasteiger charge is 2.12. The number of ether oxygens (including phenoxy) is 2. The smallest absolute Gasteiger partial charge is 0.338 e. The quantitative estimate of drug-likeness (QED) is 0.683. The van der Waals surface area contributed by atoms with Crippen molar-refractivity contribution in [2.45, 2.75) is 6.61 Å². The number of esters is 1. The van der Waals surface area contributed by atoms with E-state index < -0.39 is 5.97 Å². The lowest BCUT2D eigenvalue weighted by molar-refractivity contribution is 0.0473. The number of hydrogen-bond donors (Lipinski definition) is 1. The van der Waals surface area contributed by atoms with E-state index in [2.05, 4.69) is 0 Å². The van der Waals surface area contributed by atoms with Gasteiger partial charge in [0.1, 0.15) is 12.4 Å². The maximum absolute atomic E-state index is 12.0. The van der Waals surface area contributed by atoms with Gasteiger partial charge >= 0.3 is 5.97 Å². The molecule has 0 saturated heterocycles. The summed E-state index contributed by atoms with van der Waals surface area (Å²) in [6.45, 7) is 0.0319. The number of methoxy groups -OCH3 is 1. The van der Waals surface area contributed by atoms with Gasteiger partial charge in [-0.05, 0) is 24.3 Å². The second-order valence-corrected chi connectivity index (χ2v) is 5.03. The maximum atomic E-state index is 12.0. The molecule has 0 radical (unpaired) electrons. The van der Waals surface area contributed by atoms with E-state index in [1.54, 1.807) is 30.3 Å². The molecule has 0 spiro atoms. The molecule has 0 aliphatic rings. The van der Waals surface area contributed by atoms with E-state index in [4.69, 9.17) is 38.4 Å². The largest absolute Gasteiger partial charge is 0.495 e. The Kier molecular flexibility index (Phi) is 4.94. The van der Waals surface area contributed by atoms with Gasteiger partial charge in [0.05, 0.1) is 28.4 Å². The SMILES string of the molecule is COc1ccc(C(=O)OCc2cccc(Cl)c2Cl)cc1N. The molecule has 0 heterocycles. The van der Waals surface area contributed by atoms with E-state index in [9.17, 15) is 4.79 Å². The van der Waals surface area contributed by atoms with Crippen LogP contribution in [0.25, 0.3) is 0 Å². The van der Waals surface area contributed by atoms with Crippen molar-refractivity contribution in [1.82, 2.24) is 0 Å². The van der Waals surface area contributed by atoms with Gasteiger partial charge in [0, 0.05) is 5.56 Å². The van der Waals surface area contributed by atoms with Crippen LogP contribution in [0.3, 0.4) is 0 Å². The first kappa shape index (κ1) is 15.5. The molecule has 0 unspecified atom stereocenters. The molecule has 0 aromatic heterocycles. The van der Waals surface area contributed by atoms with Crippen molar-refractivity contribution in [3.8, 4) is 5.75 Å². The fraction of sp³-hybridized carbons (Fsp3) is 0.133. The third-order valence-corrected chi connectivity index (χ3v) is 3.71. The first-order chi connectivity index (χ1) is 10.0. The van der Waals surface area contributed by atoms with Gasteiger partial charge in [-0.2, -0.15) is 0 Å². The molecule has 21 heavy (non-hydrogen) atoms. The van der Waals surface area contributed by atoms with Crippen LogP contribution >= 0.6 is 23.2 Å². The number of nitrogen functional groups attached to an aromatic ring is 1. The lowest BCUT2D eigenvalue weighted by atomic mass is 10.2. The Morgan fingerprint density at radius 2 is 2.00 bits per heavy atom. The van der Waals surface area contributed by atoms with Crippen molar-refractivity contribution in [3.63, 3.8) is 0 Å². The number of rotatable bonds is 4. The number of benzene rings is 2. The minimum absolute atomic E-state index is 0.0319. The van der Waals surface area contributed by atoms with E-state index in [-0.39, 0.29) is 6.61 Å². The first-order valence-corrected chi connectivity index (χ1v) is 6.82. The second-order valence-electron chi connectivity index (χ2n) is 4.25. The van der Waals surface area contributed by atoms with Crippen molar-refractivity contribution in [2.24, 2.45) is 0 Å². The fourth-order valence-corrected chi connectivity index (χ4v) is 2.12. The van der Waals surface area contributed by atoms with Gasteiger partial charge in [-0.3, -0.25) is 0 Å². The van der Waals surface area contributed by atoms with Crippen LogP contribution in [0.2, 0.25) is 10.0 Å². The summed E-state index contributed by atoms with van der Waals surface area (Å²) in [6, 6.07) is 9.84. The van der Waals surface area contributed by atoms with Gasteiger partial charge < -0.3 is 15.2 Å². The van der Waals surface area contributed by atoms with Crippen LogP contribution in [0, 0.1) is 0 Å². The minimum Gasteiger partial charge on any atom is -0.495 e. The van der Waals surface area contributed by atoms with Gasteiger partial charge in [-0.15, -0.1) is 0 Å². The lowest BCUT2D eigenvalue weighted by Crippen LogP contribution is -2.06. The van der Waals surface area contributed by atoms with Gasteiger partial charge in [0.2, 0.25) is 0 Å². The molecule has 2 aromatic carbocycles. The molecule has 0 bridgehead atoms. The van der Waals surface area contributed by atoms with Gasteiger partial charge in [-0.25, -0.2) is 4.79 Å². The van der Waals surface area contributed by atoms with Gasteiger partial charge in [0.15, 0.2) is 0 Å². The Morgan fingerprint density at radius 3 is 2.67 bits per heavy atom. The standard InChI is InChI=1S/C15H13Cl2NO3/c1-20-13-6-5-9(7-12(13)18)15(19)21-8-10-3-2-4-11(16)14(10)17/h2-7H,8,18H2,1H3. The summed E-state index contributed by atoms with van der Waals surface area (Å²) >= 11 is 11.9. The van der Waals surface area contributed by atoms with Gasteiger partial charge in [0.25, 0.3) is 0 Å². The predicted octanol–water partition coefficient (Wildman–Crippen LogP) is 3.94. The molecule has 2 rings (SSSR count). The van der Waals surface area contributed by atoms with Crippen LogP contribution in [0.1, 0.15) is 15.9 Å². The Hall–Kier alpha value is -1.91. The predicted molar refractivity (Wildman–Crippen MR) is 83.0 cm³/mol. The zero-order valence-corrected chi connectivity index (χ0v) is 12.7.